The number of nitrogen functional groups attached to an aromatic ring is 1. The number of aromatic nitrogens is 4. The topological polar surface area (TPSA) is 164 Å². The Hall–Kier alpha value is -4.10. The maximum Gasteiger partial charge on any atom is 0.262 e. The van der Waals surface area contributed by atoms with Crippen molar-refractivity contribution in [2.24, 2.45) is 7.05 Å². The highest BCUT2D eigenvalue weighted by Gasteiger charge is 2.19. The average molecular weight is 512 g/mol. The molecule has 1 aromatic carbocycles. The molecule has 3 heterocycles. The van der Waals surface area contributed by atoms with Crippen LogP contribution in [0.4, 0.5) is 11.9 Å². The molecule has 0 aliphatic carbocycles. The van der Waals surface area contributed by atoms with Crippen molar-refractivity contribution >= 4 is 34.5 Å². The number of hydrogen-bond donors (Lipinski definition) is 2. The van der Waals surface area contributed by atoms with Gasteiger partial charge in [-0.1, -0.05) is 0 Å². The van der Waals surface area contributed by atoms with Gasteiger partial charge in [-0.3, -0.25) is 29.2 Å². The normalized spacial score (nSPS) is 13.9. The lowest BCUT2D eigenvalue weighted by Gasteiger charge is -2.26. The Bertz CT molecular complexity index is 1340. The number of ether oxygens (including phenoxy) is 3. The fourth-order valence-corrected chi connectivity index (χ4v) is 3.90. The molecule has 4 rings (SSSR count). The molecular weight excluding hydrogens is 482 g/mol. The number of fused-ring (bicyclic) bond motifs is 1. The van der Waals surface area contributed by atoms with Gasteiger partial charge in [0.25, 0.3) is 11.5 Å². The number of anilines is 2. The van der Waals surface area contributed by atoms with Crippen LogP contribution in [-0.2, 0) is 16.6 Å². The van der Waals surface area contributed by atoms with Gasteiger partial charge in [0.15, 0.2) is 17.3 Å². The zero-order valence-electron chi connectivity index (χ0n) is 20.7. The highest BCUT2D eigenvalue weighted by molar-refractivity contribution is 6.03. The lowest BCUT2D eigenvalue weighted by molar-refractivity contribution is -0.121. The number of Topliss-reactive ketones (excluding diaryl/α,β-unsaturated/α-hetero) is 1. The van der Waals surface area contributed by atoms with Gasteiger partial charge in [-0.15, -0.1) is 0 Å². The van der Waals surface area contributed by atoms with Gasteiger partial charge in [0, 0.05) is 39.0 Å². The molecule has 0 bridgehead atoms. The minimum atomic E-state index is -0.573. The van der Waals surface area contributed by atoms with Crippen molar-refractivity contribution < 1.29 is 23.8 Å². The zero-order chi connectivity index (χ0) is 26.4. The molecule has 1 fully saturated rings. The Kier molecular flexibility index (Phi) is 8.25. The van der Waals surface area contributed by atoms with Crippen molar-refractivity contribution in [2.75, 3.05) is 57.6 Å². The quantitative estimate of drug-likeness (QED) is 0.392. The fraction of sp³-hybridized carbons (Fsp3) is 0.417. The summed E-state index contributed by atoms with van der Waals surface area (Å²) < 4.78 is 17.8. The third-order valence-corrected chi connectivity index (χ3v) is 5.95. The summed E-state index contributed by atoms with van der Waals surface area (Å²) in [7, 11) is 2.89. The lowest BCUT2D eigenvalue weighted by Crippen LogP contribution is -2.37. The van der Waals surface area contributed by atoms with Crippen molar-refractivity contribution in [2.45, 2.75) is 12.8 Å². The predicted octanol–water partition coefficient (Wildman–Crippen LogP) is 0.627. The number of benzene rings is 1. The van der Waals surface area contributed by atoms with Crippen LogP contribution < -0.4 is 26.1 Å². The summed E-state index contributed by atoms with van der Waals surface area (Å²) in [6, 6.07) is 3.11. The number of nitrogens with one attached hydrogen (secondary N) is 1. The molecule has 196 valence electrons. The highest BCUT2D eigenvalue weighted by Crippen LogP contribution is 2.33. The molecule has 37 heavy (non-hydrogen) atoms. The summed E-state index contributed by atoms with van der Waals surface area (Å²) in [6.07, 6.45) is 3.65. The van der Waals surface area contributed by atoms with E-state index in [4.69, 9.17) is 19.9 Å². The average Bonchev–Trinajstić information content (AvgIpc) is 2.91. The summed E-state index contributed by atoms with van der Waals surface area (Å²) in [5.41, 5.74) is 5.39. The Morgan fingerprint density at radius 3 is 2.62 bits per heavy atom. The SMILES string of the molecule is COc1c(OCC(=O)CCCN2CCOCC2)ccc2c(=O)n(C)c(NC(=O)c3cnc(N)nc3)nc12. The van der Waals surface area contributed by atoms with Gasteiger partial charge in [0.1, 0.15) is 12.1 Å². The first-order valence-corrected chi connectivity index (χ1v) is 11.8. The molecular formula is C24H29N7O6. The van der Waals surface area contributed by atoms with Gasteiger partial charge < -0.3 is 19.9 Å². The van der Waals surface area contributed by atoms with Crippen molar-refractivity contribution in [1.29, 1.82) is 0 Å². The first kappa shape index (κ1) is 26.0. The van der Waals surface area contributed by atoms with Gasteiger partial charge in [-0.05, 0) is 25.1 Å². The number of methoxy groups -OCH3 is 1. The molecule has 0 unspecified atom stereocenters. The molecule has 3 N–H and O–H groups in total. The minimum absolute atomic E-state index is 0.0195. The van der Waals surface area contributed by atoms with Crippen molar-refractivity contribution in [3.05, 3.63) is 40.4 Å². The smallest absolute Gasteiger partial charge is 0.262 e. The van der Waals surface area contributed by atoms with E-state index in [1.807, 2.05) is 0 Å². The van der Waals surface area contributed by atoms with Crippen LogP contribution in [0, 0.1) is 0 Å². The number of carbonyl (C=O) groups is 2. The van der Waals surface area contributed by atoms with Gasteiger partial charge in [-0.25, -0.2) is 15.0 Å². The summed E-state index contributed by atoms with van der Waals surface area (Å²) >= 11 is 0. The molecule has 2 aromatic heterocycles. The third kappa shape index (κ3) is 6.19. The van der Waals surface area contributed by atoms with E-state index in [1.165, 1.54) is 31.1 Å². The number of nitrogens with two attached hydrogens (primary N) is 1. The summed E-state index contributed by atoms with van der Waals surface area (Å²) in [5.74, 6) is -0.166. The van der Waals surface area contributed by atoms with Crippen LogP contribution in [-0.4, -0.2) is 82.7 Å². The predicted molar refractivity (Wildman–Crippen MR) is 135 cm³/mol. The largest absolute Gasteiger partial charge is 0.491 e. The molecule has 0 atom stereocenters. The number of amides is 1. The highest BCUT2D eigenvalue weighted by atomic mass is 16.5. The fourth-order valence-electron chi connectivity index (χ4n) is 3.90. The van der Waals surface area contributed by atoms with Crippen LogP contribution in [0.25, 0.3) is 10.9 Å². The summed E-state index contributed by atoms with van der Waals surface area (Å²) in [4.78, 5) is 52.3. The standard InChI is InChI=1S/C24H29N7O6/c1-30-22(34)17-5-6-18(37-14-16(32)4-3-7-31-8-10-36-11-9-31)20(35-2)19(17)28-24(30)29-21(33)15-12-26-23(25)27-13-15/h5-6,12-13H,3-4,7-11,14H2,1-2H3,(H2,25,26,27)(H,28,29,33). The maximum absolute atomic E-state index is 13.0. The second-order valence-electron chi connectivity index (χ2n) is 8.46. The van der Waals surface area contributed by atoms with Crippen molar-refractivity contribution in [3.63, 3.8) is 0 Å². The first-order valence-electron chi connectivity index (χ1n) is 11.8. The minimum Gasteiger partial charge on any atom is -0.491 e. The Labute approximate surface area is 212 Å². The molecule has 1 amide bonds. The second-order valence-corrected chi connectivity index (χ2v) is 8.46. The maximum atomic E-state index is 13.0. The van der Waals surface area contributed by atoms with Gasteiger partial charge in [-0.2, -0.15) is 0 Å². The summed E-state index contributed by atoms with van der Waals surface area (Å²) in [5, 5.41) is 2.84. The van der Waals surface area contributed by atoms with E-state index in [-0.39, 0.29) is 52.3 Å². The lowest BCUT2D eigenvalue weighted by atomic mass is 10.2. The molecule has 0 saturated carbocycles. The van der Waals surface area contributed by atoms with E-state index in [1.54, 1.807) is 12.1 Å². The number of hydrogen-bond acceptors (Lipinski definition) is 11. The van der Waals surface area contributed by atoms with E-state index in [0.29, 0.717) is 6.42 Å². The van der Waals surface area contributed by atoms with E-state index >= 15 is 0 Å². The van der Waals surface area contributed by atoms with Crippen LogP contribution in [0.3, 0.4) is 0 Å². The molecule has 0 radical (unpaired) electrons. The van der Waals surface area contributed by atoms with E-state index < -0.39 is 11.5 Å². The second kappa shape index (κ2) is 11.8. The van der Waals surface area contributed by atoms with Crippen LogP contribution in [0.1, 0.15) is 23.2 Å². The Balaban J connectivity index is 1.48. The van der Waals surface area contributed by atoms with Crippen molar-refractivity contribution in [1.82, 2.24) is 24.4 Å². The van der Waals surface area contributed by atoms with Gasteiger partial charge in [0.2, 0.25) is 11.9 Å². The number of morpholine rings is 1. The number of ketones is 1. The van der Waals surface area contributed by atoms with Crippen LogP contribution in [0.5, 0.6) is 11.5 Å². The first-order chi connectivity index (χ1) is 17.9. The Morgan fingerprint density at radius 2 is 1.92 bits per heavy atom. The number of nitrogens with zero attached hydrogens (tertiary/aromatic N) is 5. The van der Waals surface area contributed by atoms with E-state index in [9.17, 15) is 14.4 Å². The van der Waals surface area contributed by atoms with E-state index in [2.05, 4.69) is 25.2 Å². The molecule has 1 aliphatic heterocycles. The molecule has 0 spiro atoms. The van der Waals surface area contributed by atoms with Crippen LogP contribution in [0.15, 0.2) is 29.3 Å². The van der Waals surface area contributed by atoms with Crippen LogP contribution >= 0.6 is 0 Å². The third-order valence-electron chi connectivity index (χ3n) is 5.95. The van der Waals surface area contributed by atoms with Crippen LogP contribution in [0.2, 0.25) is 0 Å². The molecule has 13 nitrogen and oxygen atoms in total. The molecule has 3 aromatic rings. The van der Waals surface area contributed by atoms with Gasteiger partial charge in [0.05, 0.1) is 31.3 Å². The molecule has 1 aliphatic rings. The number of carbonyl (C=O) groups excluding carboxylic acids is 2. The number of rotatable bonds is 10. The van der Waals surface area contributed by atoms with Gasteiger partial charge >= 0.3 is 0 Å². The Morgan fingerprint density at radius 1 is 1.19 bits per heavy atom. The molecule has 1 saturated heterocycles. The summed E-state index contributed by atoms with van der Waals surface area (Å²) in [6.45, 7) is 3.88. The van der Waals surface area contributed by atoms with Crippen molar-refractivity contribution in [3.8, 4) is 11.5 Å². The monoisotopic (exact) mass is 511 g/mol. The zero-order valence-corrected chi connectivity index (χ0v) is 20.7. The molecule has 13 heteroatoms. The van der Waals surface area contributed by atoms with E-state index in [0.717, 1.165) is 39.3 Å².